The van der Waals surface area contributed by atoms with Gasteiger partial charge in [-0.2, -0.15) is 4.31 Å². The highest BCUT2D eigenvalue weighted by molar-refractivity contribution is 7.89. The molecule has 0 aliphatic heterocycles. The normalized spacial score (nSPS) is 13.4. The minimum atomic E-state index is -3.65. The van der Waals surface area contributed by atoms with Crippen LogP contribution in [0.25, 0.3) is 0 Å². The highest BCUT2D eigenvalue weighted by atomic mass is 32.2. The summed E-state index contributed by atoms with van der Waals surface area (Å²) in [6.07, 6.45) is 3.17. The van der Waals surface area contributed by atoms with Crippen molar-refractivity contribution in [1.82, 2.24) is 14.3 Å². The van der Waals surface area contributed by atoms with Crippen LogP contribution in [-0.4, -0.2) is 49.0 Å². The highest BCUT2D eigenvalue weighted by Gasteiger charge is 2.28. The van der Waals surface area contributed by atoms with Crippen molar-refractivity contribution >= 4 is 16.0 Å². The number of ether oxygens (including phenoxy) is 1. The summed E-state index contributed by atoms with van der Waals surface area (Å²) < 4.78 is 31.5. The molecule has 3 N–H and O–H groups in total. The van der Waals surface area contributed by atoms with Crippen molar-refractivity contribution in [3.63, 3.8) is 0 Å². The van der Waals surface area contributed by atoms with Gasteiger partial charge in [-0.25, -0.2) is 24.2 Å². The number of nitrogens with two attached hydrogens (primary N) is 1. The zero-order valence-electron chi connectivity index (χ0n) is 11.9. The summed E-state index contributed by atoms with van der Waals surface area (Å²) in [7, 11) is -2.12. The monoisotopic (exact) mass is 303 g/mol. The van der Waals surface area contributed by atoms with E-state index in [-0.39, 0.29) is 23.4 Å². The van der Waals surface area contributed by atoms with E-state index < -0.39 is 10.0 Å². The molecule has 0 radical (unpaired) electrons. The number of sulfonamides is 1. The fraction of sp³-hybridized carbons (Fsp3) is 0.636. The largest absolute Gasteiger partial charge is 0.383 e. The lowest BCUT2D eigenvalue weighted by molar-refractivity contribution is 0.167. The van der Waals surface area contributed by atoms with Crippen LogP contribution in [-0.2, 0) is 14.8 Å². The minimum absolute atomic E-state index is 0.0351. The standard InChI is InChI=1S/C11H21N5O3S/c1-4-9(2)16(5-6-19-3)20(17,18)10-7-13-11(15-12)14-8-10/h7-9H,4-6,12H2,1-3H3,(H,13,14,15). The number of rotatable bonds is 8. The van der Waals surface area contributed by atoms with Crippen LogP contribution in [0.2, 0.25) is 0 Å². The number of methoxy groups -OCH3 is 1. The van der Waals surface area contributed by atoms with Gasteiger partial charge in [-0.1, -0.05) is 6.92 Å². The van der Waals surface area contributed by atoms with Gasteiger partial charge in [0.2, 0.25) is 16.0 Å². The average molecular weight is 303 g/mol. The van der Waals surface area contributed by atoms with Crippen LogP contribution in [0, 0.1) is 0 Å². The first-order chi connectivity index (χ1) is 9.47. The Balaban J connectivity index is 3.07. The second-order valence-corrected chi connectivity index (χ2v) is 6.14. The maximum atomic E-state index is 12.6. The fourth-order valence-corrected chi connectivity index (χ4v) is 3.20. The van der Waals surface area contributed by atoms with E-state index in [2.05, 4.69) is 15.4 Å². The van der Waals surface area contributed by atoms with Gasteiger partial charge < -0.3 is 4.74 Å². The van der Waals surface area contributed by atoms with Gasteiger partial charge in [-0.3, -0.25) is 5.43 Å². The smallest absolute Gasteiger partial charge is 0.246 e. The Morgan fingerprint density at radius 2 is 2.05 bits per heavy atom. The molecule has 20 heavy (non-hydrogen) atoms. The van der Waals surface area contributed by atoms with Crippen molar-refractivity contribution in [2.75, 3.05) is 25.7 Å². The highest BCUT2D eigenvalue weighted by Crippen LogP contribution is 2.18. The third-order valence-electron chi connectivity index (χ3n) is 2.96. The fourth-order valence-electron chi connectivity index (χ4n) is 1.62. The molecule has 9 heteroatoms. The van der Waals surface area contributed by atoms with E-state index in [0.717, 1.165) is 0 Å². The minimum Gasteiger partial charge on any atom is -0.383 e. The number of nitrogens with one attached hydrogen (secondary N) is 1. The Labute approximate surface area is 119 Å². The maximum Gasteiger partial charge on any atom is 0.246 e. The zero-order valence-corrected chi connectivity index (χ0v) is 12.7. The first-order valence-corrected chi connectivity index (χ1v) is 7.70. The quantitative estimate of drug-likeness (QED) is 0.521. The van der Waals surface area contributed by atoms with Crippen LogP contribution in [0.3, 0.4) is 0 Å². The molecule has 0 aliphatic rings. The van der Waals surface area contributed by atoms with E-state index in [4.69, 9.17) is 10.6 Å². The third kappa shape index (κ3) is 3.85. The van der Waals surface area contributed by atoms with Gasteiger partial charge in [0.25, 0.3) is 0 Å². The topological polar surface area (TPSA) is 110 Å². The van der Waals surface area contributed by atoms with Gasteiger partial charge in [-0.05, 0) is 13.3 Å². The van der Waals surface area contributed by atoms with E-state index in [1.54, 1.807) is 0 Å². The lowest BCUT2D eigenvalue weighted by Crippen LogP contribution is -2.40. The van der Waals surface area contributed by atoms with Crippen molar-refractivity contribution in [1.29, 1.82) is 0 Å². The number of hydrogen-bond acceptors (Lipinski definition) is 7. The van der Waals surface area contributed by atoms with Crippen molar-refractivity contribution in [3.05, 3.63) is 12.4 Å². The SMILES string of the molecule is CCC(C)N(CCOC)S(=O)(=O)c1cnc(NN)nc1. The van der Waals surface area contributed by atoms with Gasteiger partial charge in [-0.15, -0.1) is 0 Å². The predicted octanol–water partition coefficient (Wildman–Crippen LogP) is 0.198. The molecule has 1 aromatic rings. The van der Waals surface area contributed by atoms with Gasteiger partial charge in [0, 0.05) is 19.7 Å². The summed E-state index contributed by atoms with van der Waals surface area (Å²) in [6, 6.07) is -0.137. The van der Waals surface area contributed by atoms with Gasteiger partial charge in [0.1, 0.15) is 4.90 Å². The molecule has 0 aromatic carbocycles. The lowest BCUT2D eigenvalue weighted by atomic mass is 10.3. The van der Waals surface area contributed by atoms with Crippen LogP contribution in [0.15, 0.2) is 17.3 Å². The molecular weight excluding hydrogens is 282 g/mol. The first kappa shape index (κ1) is 16.8. The van der Waals surface area contributed by atoms with Crippen LogP contribution >= 0.6 is 0 Å². The molecule has 1 unspecified atom stereocenters. The Bertz CT molecular complexity index is 505. The van der Waals surface area contributed by atoms with E-state index in [9.17, 15) is 8.42 Å². The summed E-state index contributed by atoms with van der Waals surface area (Å²) in [5.41, 5.74) is 2.25. The van der Waals surface area contributed by atoms with Crippen molar-refractivity contribution < 1.29 is 13.2 Å². The summed E-state index contributed by atoms with van der Waals surface area (Å²) in [6.45, 7) is 4.39. The van der Waals surface area contributed by atoms with Crippen molar-refractivity contribution in [2.24, 2.45) is 5.84 Å². The number of hydrogen-bond donors (Lipinski definition) is 2. The number of nitrogens with zero attached hydrogens (tertiary/aromatic N) is 3. The van der Waals surface area contributed by atoms with Crippen LogP contribution in [0.4, 0.5) is 5.95 Å². The molecule has 1 aromatic heterocycles. The van der Waals surface area contributed by atoms with Crippen LogP contribution in [0.5, 0.6) is 0 Å². The molecule has 0 spiro atoms. The number of anilines is 1. The molecule has 8 nitrogen and oxygen atoms in total. The van der Waals surface area contributed by atoms with Gasteiger partial charge in [0.15, 0.2) is 0 Å². The summed E-state index contributed by atoms with van der Waals surface area (Å²) >= 11 is 0. The number of hydrazine groups is 1. The van der Waals surface area contributed by atoms with Gasteiger partial charge in [0.05, 0.1) is 19.0 Å². The van der Waals surface area contributed by atoms with Gasteiger partial charge >= 0.3 is 0 Å². The number of aromatic nitrogens is 2. The third-order valence-corrected chi connectivity index (χ3v) is 4.93. The number of nitrogen functional groups attached to an aromatic ring is 1. The van der Waals surface area contributed by atoms with E-state index in [1.165, 1.54) is 23.8 Å². The Hall–Kier alpha value is -1.29. The molecule has 1 atom stereocenters. The van der Waals surface area contributed by atoms with Crippen LogP contribution < -0.4 is 11.3 Å². The molecule has 0 bridgehead atoms. The molecule has 0 aliphatic carbocycles. The summed E-state index contributed by atoms with van der Waals surface area (Å²) in [5.74, 6) is 5.32. The predicted molar refractivity (Wildman–Crippen MR) is 75.4 cm³/mol. The molecule has 1 rings (SSSR count). The molecule has 114 valence electrons. The average Bonchev–Trinajstić information content (AvgIpc) is 2.47. The summed E-state index contributed by atoms with van der Waals surface area (Å²) in [5, 5.41) is 0. The Kier molecular flexibility index (Phi) is 6.27. The van der Waals surface area contributed by atoms with Crippen molar-refractivity contribution in [3.8, 4) is 0 Å². The van der Waals surface area contributed by atoms with Crippen molar-refractivity contribution in [2.45, 2.75) is 31.2 Å². The Morgan fingerprint density at radius 1 is 1.45 bits per heavy atom. The zero-order chi connectivity index (χ0) is 15.2. The molecular formula is C11H21N5O3S. The lowest BCUT2D eigenvalue weighted by Gasteiger charge is -2.27. The molecule has 0 fully saturated rings. The molecule has 0 amide bonds. The summed E-state index contributed by atoms with van der Waals surface area (Å²) in [4.78, 5) is 7.69. The van der Waals surface area contributed by atoms with E-state index >= 15 is 0 Å². The molecule has 0 saturated carbocycles. The Morgan fingerprint density at radius 3 is 2.50 bits per heavy atom. The molecule has 1 heterocycles. The first-order valence-electron chi connectivity index (χ1n) is 6.26. The maximum absolute atomic E-state index is 12.6. The second kappa shape index (κ2) is 7.48. The molecule has 0 saturated heterocycles. The second-order valence-electron chi connectivity index (χ2n) is 4.25. The van der Waals surface area contributed by atoms with E-state index in [1.807, 2.05) is 13.8 Å². The van der Waals surface area contributed by atoms with E-state index in [0.29, 0.717) is 13.0 Å². The van der Waals surface area contributed by atoms with Crippen LogP contribution in [0.1, 0.15) is 20.3 Å².